The summed E-state index contributed by atoms with van der Waals surface area (Å²) in [4.78, 5) is 15.6. The molecule has 1 fully saturated rings. The number of oxime groups is 1. The number of nitrogens with zero attached hydrogens (tertiary/aromatic N) is 1. The van der Waals surface area contributed by atoms with Crippen molar-refractivity contribution in [3.63, 3.8) is 0 Å². The Labute approximate surface area is 84.3 Å². The van der Waals surface area contributed by atoms with Crippen LogP contribution >= 0.6 is 0 Å². The van der Waals surface area contributed by atoms with Crippen LogP contribution in [0.1, 0.15) is 45.4 Å². The van der Waals surface area contributed by atoms with Gasteiger partial charge in [0.1, 0.15) is 0 Å². The molecule has 0 aromatic rings. The van der Waals surface area contributed by atoms with E-state index in [1.807, 2.05) is 0 Å². The summed E-state index contributed by atoms with van der Waals surface area (Å²) in [6.45, 7) is 1.69. The van der Waals surface area contributed by atoms with Crippen LogP contribution in [-0.4, -0.2) is 18.5 Å². The Morgan fingerprint density at radius 2 is 2.07 bits per heavy atom. The minimum atomic E-state index is -0.256. The molecule has 1 aliphatic carbocycles. The lowest BCUT2D eigenvalue weighted by atomic mass is 9.99. The van der Waals surface area contributed by atoms with E-state index in [9.17, 15) is 4.79 Å². The zero-order valence-electron chi connectivity index (χ0n) is 8.62. The maximum atomic E-state index is 10.7. The molecule has 0 spiro atoms. The molecule has 1 aliphatic rings. The fraction of sp³-hybridized carbons (Fsp3) is 0.800. The average molecular weight is 199 g/mol. The van der Waals surface area contributed by atoms with Gasteiger partial charge in [0.05, 0.1) is 5.71 Å². The van der Waals surface area contributed by atoms with Crippen molar-refractivity contribution < 1.29 is 14.4 Å². The Hall–Kier alpha value is -1.06. The van der Waals surface area contributed by atoms with E-state index in [4.69, 9.17) is 9.57 Å². The van der Waals surface area contributed by atoms with Gasteiger partial charge in [-0.2, -0.15) is 0 Å². The van der Waals surface area contributed by atoms with E-state index in [0.29, 0.717) is 6.42 Å². The van der Waals surface area contributed by atoms with Crippen LogP contribution in [0.15, 0.2) is 5.16 Å². The molecule has 14 heavy (non-hydrogen) atoms. The molecule has 0 atom stereocenters. The molecule has 0 aromatic heterocycles. The first-order chi connectivity index (χ1) is 6.83. The number of rotatable bonds is 4. The van der Waals surface area contributed by atoms with Gasteiger partial charge in [-0.05, 0) is 25.7 Å². The topological polar surface area (TPSA) is 47.9 Å². The highest BCUT2D eigenvalue weighted by atomic mass is 16.8. The SMILES string of the molecule is CCC(=O)OCON=C1CCCCC1. The highest BCUT2D eigenvalue weighted by Gasteiger charge is 2.06. The molecule has 0 bridgehead atoms. The standard InChI is InChI=1S/C10H17NO3/c1-2-10(12)13-8-14-11-9-6-4-3-5-7-9/h2-8H2,1H3. The zero-order valence-corrected chi connectivity index (χ0v) is 8.62. The summed E-state index contributed by atoms with van der Waals surface area (Å²) in [6, 6.07) is 0. The van der Waals surface area contributed by atoms with Crippen molar-refractivity contribution in [2.24, 2.45) is 5.16 Å². The molecular formula is C10H17NO3. The van der Waals surface area contributed by atoms with Gasteiger partial charge in [0, 0.05) is 6.42 Å². The number of esters is 1. The van der Waals surface area contributed by atoms with Crippen molar-refractivity contribution in [2.75, 3.05) is 6.79 Å². The van der Waals surface area contributed by atoms with Crippen molar-refractivity contribution in [3.05, 3.63) is 0 Å². The molecule has 0 radical (unpaired) electrons. The largest absolute Gasteiger partial charge is 0.426 e. The minimum absolute atomic E-state index is 0.0594. The normalized spacial score (nSPS) is 16.2. The highest BCUT2D eigenvalue weighted by molar-refractivity contribution is 5.84. The third-order valence-corrected chi connectivity index (χ3v) is 2.19. The minimum Gasteiger partial charge on any atom is -0.426 e. The molecule has 4 heteroatoms. The summed E-state index contributed by atoms with van der Waals surface area (Å²) in [6.07, 6.45) is 6.07. The van der Waals surface area contributed by atoms with Crippen molar-refractivity contribution >= 4 is 11.7 Å². The van der Waals surface area contributed by atoms with E-state index in [2.05, 4.69) is 5.16 Å². The molecule has 0 heterocycles. The number of hydrogen-bond donors (Lipinski definition) is 0. The van der Waals surface area contributed by atoms with Gasteiger partial charge in [0.25, 0.3) is 6.79 Å². The molecule has 80 valence electrons. The maximum absolute atomic E-state index is 10.7. The van der Waals surface area contributed by atoms with Gasteiger partial charge >= 0.3 is 5.97 Å². The summed E-state index contributed by atoms with van der Waals surface area (Å²) in [5.41, 5.74) is 1.09. The number of hydrogen-bond acceptors (Lipinski definition) is 4. The van der Waals surface area contributed by atoms with E-state index in [1.54, 1.807) is 6.92 Å². The van der Waals surface area contributed by atoms with Crippen LogP contribution in [0.3, 0.4) is 0 Å². The molecular weight excluding hydrogens is 182 g/mol. The molecule has 0 aliphatic heterocycles. The van der Waals surface area contributed by atoms with Crippen LogP contribution in [0, 0.1) is 0 Å². The molecule has 1 saturated carbocycles. The van der Waals surface area contributed by atoms with Crippen LogP contribution in [0.5, 0.6) is 0 Å². The maximum Gasteiger partial charge on any atom is 0.308 e. The third-order valence-electron chi connectivity index (χ3n) is 2.19. The number of carbonyl (C=O) groups is 1. The fourth-order valence-electron chi connectivity index (χ4n) is 1.36. The molecule has 0 saturated heterocycles. The Balaban J connectivity index is 2.09. The predicted molar refractivity (Wildman–Crippen MR) is 52.9 cm³/mol. The quantitative estimate of drug-likeness (QED) is 0.302. The number of ether oxygens (including phenoxy) is 1. The van der Waals surface area contributed by atoms with Gasteiger partial charge in [0.15, 0.2) is 0 Å². The van der Waals surface area contributed by atoms with Gasteiger partial charge in [0.2, 0.25) is 0 Å². The molecule has 4 nitrogen and oxygen atoms in total. The second-order valence-electron chi connectivity index (χ2n) is 3.34. The Kier molecular flexibility index (Phi) is 5.04. The fourth-order valence-corrected chi connectivity index (χ4v) is 1.36. The first-order valence-corrected chi connectivity index (χ1v) is 5.16. The van der Waals surface area contributed by atoms with Crippen molar-refractivity contribution in [2.45, 2.75) is 45.4 Å². The second-order valence-corrected chi connectivity index (χ2v) is 3.34. The zero-order chi connectivity index (χ0) is 10.2. The van der Waals surface area contributed by atoms with Crippen molar-refractivity contribution in [1.82, 2.24) is 0 Å². The monoisotopic (exact) mass is 199 g/mol. The highest BCUT2D eigenvalue weighted by Crippen LogP contribution is 2.14. The summed E-state index contributed by atoms with van der Waals surface area (Å²) in [7, 11) is 0. The van der Waals surface area contributed by atoms with E-state index in [0.717, 1.165) is 18.6 Å². The van der Waals surface area contributed by atoms with Crippen LogP contribution in [0.2, 0.25) is 0 Å². The smallest absolute Gasteiger partial charge is 0.308 e. The van der Waals surface area contributed by atoms with Crippen LogP contribution in [0.25, 0.3) is 0 Å². The molecule has 1 rings (SSSR count). The Bertz CT molecular complexity index is 205. The van der Waals surface area contributed by atoms with Crippen LogP contribution in [0.4, 0.5) is 0 Å². The molecule has 0 N–H and O–H groups in total. The van der Waals surface area contributed by atoms with Gasteiger partial charge in [-0.1, -0.05) is 18.5 Å². The predicted octanol–water partition coefficient (Wildman–Crippen LogP) is 2.23. The first-order valence-electron chi connectivity index (χ1n) is 5.16. The Morgan fingerprint density at radius 3 is 2.71 bits per heavy atom. The van der Waals surface area contributed by atoms with Gasteiger partial charge < -0.3 is 9.57 Å². The van der Waals surface area contributed by atoms with Crippen molar-refractivity contribution in [3.8, 4) is 0 Å². The van der Waals surface area contributed by atoms with Crippen LogP contribution < -0.4 is 0 Å². The van der Waals surface area contributed by atoms with E-state index >= 15 is 0 Å². The second kappa shape index (κ2) is 6.40. The first kappa shape index (κ1) is 11.0. The van der Waals surface area contributed by atoms with E-state index in [-0.39, 0.29) is 12.8 Å². The summed E-state index contributed by atoms with van der Waals surface area (Å²) < 4.78 is 4.71. The summed E-state index contributed by atoms with van der Waals surface area (Å²) >= 11 is 0. The van der Waals surface area contributed by atoms with Gasteiger partial charge in [-0.25, -0.2) is 0 Å². The molecule has 0 aromatic carbocycles. The lowest BCUT2D eigenvalue weighted by Crippen LogP contribution is -2.08. The summed E-state index contributed by atoms with van der Waals surface area (Å²) in [5.74, 6) is -0.256. The van der Waals surface area contributed by atoms with Crippen molar-refractivity contribution in [1.29, 1.82) is 0 Å². The average Bonchev–Trinajstić information content (AvgIpc) is 2.25. The lowest BCUT2D eigenvalue weighted by Gasteiger charge is -2.11. The van der Waals surface area contributed by atoms with Gasteiger partial charge in [-0.3, -0.25) is 4.79 Å². The van der Waals surface area contributed by atoms with E-state index < -0.39 is 0 Å². The number of carbonyl (C=O) groups excluding carboxylic acids is 1. The van der Waals surface area contributed by atoms with E-state index in [1.165, 1.54) is 19.3 Å². The van der Waals surface area contributed by atoms with Crippen LogP contribution in [-0.2, 0) is 14.4 Å². The van der Waals surface area contributed by atoms with Gasteiger partial charge in [-0.15, -0.1) is 0 Å². The summed E-state index contributed by atoms with van der Waals surface area (Å²) in [5, 5.41) is 3.93. The Morgan fingerprint density at radius 1 is 1.36 bits per heavy atom. The molecule has 0 amide bonds. The molecule has 0 unspecified atom stereocenters. The lowest BCUT2D eigenvalue weighted by molar-refractivity contribution is -0.155. The third kappa shape index (κ3) is 4.25.